The van der Waals surface area contributed by atoms with Gasteiger partial charge in [0.25, 0.3) is 0 Å². The van der Waals surface area contributed by atoms with E-state index in [0.29, 0.717) is 27.0 Å². The molecule has 1 aromatic heterocycles. The number of nitrogens with one attached hydrogen (secondary N) is 2. The van der Waals surface area contributed by atoms with Gasteiger partial charge in [0, 0.05) is 17.7 Å². The van der Waals surface area contributed by atoms with Crippen LogP contribution in [0.3, 0.4) is 0 Å². The lowest BCUT2D eigenvalue weighted by Crippen LogP contribution is -2.22. The van der Waals surface area contributed by atoms with E-state index < -0.39 is 27.7 Å². The second-order valence-electron chi connectivity index (χ2n) is 7.29. The van der Waals surface area contributed by atoms with Gasteiger partial charge in [0.1, 0.15) is 5.71 Å². The number of rotatable bonds is 8. The molecule has 3 aromatic rings. The van der Waals surface area contributed by atoms with Crippen molar-refractivity contribution in [2.24, 2.45) is 0 Å². The highest BCUT2D eigenvalue weighted by molar-refractivity contribution is 7.90. The van der Waals surface area contributed by atoms with Crippen LogP contribution in [0.2, 0.25) is 0 Å². The molecule has 0 aliphatic carbocycles. The zero-order valence-electron chi connectivity index (χ0n) is 17.7. The summed E-state index contributed by atoms with van der Waals surface area (Å²) in [5, 5.41) is 19.3. The third kappa shape index (κ3) is 6.33. The van der Waals surface area contributed by atoms with E-state index >= 15 is 0 Å². The standard InChI is InChI=1S/C23H19F3N2O4S2/c1-34(31,32)17-4-2-3-16(11-17)19-9-10-20(33-19)18(12-21(27)23(24,25)26)28-13-14-5-7-15(8-6-14)22(29)30/h2-12,27-28H,13H2,1H3,(H,29,30)/b18-12-,27-21?. The van der Waals surface area contributed by atoms with Crippen LogP contribution in [0.15, 0.2) is 71.6 Å². The van der Waals surface area contributed by atoms with Gasteiger partial charge < -0.3 is 10.4 Å². The second kappa shape index (κ2) is 9.82. The highest BCUT2D eigenvalue weighted by Crippen LogP contribution is 2.33. The summed E-state index contributed by atoms with van der Waals surface area (Å²) in [5.41, 5.74) is -0.177. The SMILES string of the molecule is CS(=O)(=O)c1cccc(-c2ccc(/C(=C/C(=N)C(F)(F)F)NCc3ccc(C(=O)O)cc3)s2)c1. The summed E-state index contributed by atoms with van der Waals surface area (Å²) >= 11 is 1.14. The summed E-state index contributed by atoms with van der Waals surface area (Å²) < 4.78 is 62.8. The molecule has 0 spiro atoms. The number of alkyl halides is 3. The van der Waals surface area contributed by atoms with Crippen molar-refractivity contribution < 1.29 is 31.5 Å². The average Bonchev–Trinajstić information content (AvgIpc) is 3.26. The van der Waals surface area contributed by atoms with Gasteiger partial charge in [-0.05, 0) is 53.6 Å². The first-order valence-electron chi connectivity index (χ1n) is 9.69. The molecule has 0 atom stereocenters. The predicted octanol–water partition coefficient (Wildman–Crippen LogP) is 5.23. The van der Waals surface area contributed by atoms with E-state index in [-0.39, 0.29) is 22.7 Å². The molecule has 0 radical (unpaired) electrons. The molecule has 34 heavy (non-hydrogen) atoms. The molecule has 0 aliphatic rings. The van der Waals surface area contributed by atoms with Crippen LogP contribution in [0.25, 0.3) is 16.1 Å². The number of benzene rings is 2. The zero-order valence-corrected chi connectivity index (χ0v) is 19.3. The van der Waals surface area contributed by atoms with Gasteiger partial charge in [-0.2, -0.15) is 13.2 Å². The fraction of sp³-hybridized carbons (Fsp3) is 0.130. The van der Waals surface area contributed by atoms with E-state index in [9.17, 15) is 26.4 Å². The lowest BCUT2D eigenvalue weighted by molar-refractivity contribution is -0.0584. The second-order valence-corrected chi connectivity index (χ2v) is 10.4. The Bertz CT molecular complexity index is 1360. The summed E-state index contributed by atoms with van der Waals surface area (Å²) in [4.78, 5) is 12.2. The Morgan fingerprint density at radius 1 is 1.12 bits per heavy atom. The van der Waals surface area contributed by atoms with Crippen LogP contribution in [-0.2, 0) is 16.4 Å². The smallest absolute Gasteiger partial charge is 0.432 e. The number of hydrogen-bond donors (Lipinski definition) is 3. The minimum atomic E-state index is -4.83. The van der Waals surface area contributed by atoms with Crippen LogP contribution >= 0.6 is 11.3 Å². The van der Waals surface area contributed by atoms with Gasteiger partial charge in [-0.1, -0.05) is 24.3 Å². The van der Waals surface area contributed by atoms with E-state index in [1.807, 2.05) is 0 Å². The van der Waals surface area contributed by atoms with Crippen molar-refractivity contribution >= 4 is 38.6 Å². The number of aromatic carboxylic acids is 1. The van der Waals surface area contributed by atoms with E-state index in [0.717, 1.165) is 17.6 Å². The normalized spacial score (nSPS) is 12.4. The van der Waals surface area contributed by atoms with E-state index in [2.05, 4.69) is 5.32 Å². The van der Waals surface area contributed by atoms with Gasteiger partial charge in [-0.25, -0.2) is 13.2 Å². The molecule has 6 nitrogen and oxygen atoms in total. The quantitative estimate of drug-likeness (QED) is 0.361. The average molecular weight is 509 g/mol. The Hall–Kier alpha value is -3.44. The monoisotopic (exact) mass is 508 g/mol. The first kappa shape index (κ1) is 25.2. The number of sulfone groups is 1. The van der Waals surface area contributed by atoms with Crippen LogP contribution in [-0.4, -0.2) is 37.6 Å². The highest BCUT2D eigenvalue weighted by atomic mass is 32.2. The number of carboxylic acid groups (broad SMARTS) is 1. The predicted molar refractivity (Wildman–Crippen MR) is 125 cm³/mol. The molecule has 0 saturated carbocycles. The van der Waals surface area contributed by atoms with Crippen LogP contribution in [0, 0.1) is 5.41 Å². The third-order valence-corrected chi connectivity index (χ3v) is 6.97. The van der Waals surface area contributed by atoms with Gasteiger partial charge in [0.2, 0.25) is 0 Å². The zero-order chi connectivity index (χ0) is 25.1. The van der Waals surface area contributed by atoms with E-state index in [4.69, 9.17) is 10.5 Å². The molecule has 0 bridgehead atoms. The fourth-order valence-electron chi connectivity index (χ4n) is 2.92. The molecule has 3 rings (SSSR count). The molecule has 178 valence electrons. The minimum Gasteiger partial charge on any atom is -0.478 e. The van der Waals surface area contributed by atoms with Crippen LogP contribution in [0.4, 0.5) is 13.2 Å². The van der Waals surface area contributed by atoms with Crippen molar-refractivity contribution in [1.82, 2.24) is 5.32 Å². The third-order valence-electron chi connectivity index (χ3n) is 4.70. The number of halogens is 3. The molecule has 0 saturated heterocycles. The Morgan fingerprint density at radius 3 is 2.38 bits per heavy atom. The maximum atomic E-state index is 13.0. The molecule has 11 heteroatoms. The van der Waals surface area contributed by atoms with Crippen molar-refractivity contribution in [2.75, 3.05) is 6.26 Å². The van der Waals surface area contributed by atoms with Gasteiger partial charge in [-0.15, -0.1) is 11.3 Å². The maximum Gasteiger partial charge on any atom is 0.432 e. The molecule has 1 heterocycles. The number of allylic oxidation sites excluding steroid dienone is 1. The van der Waals surface area contributed by atoms with Crippen LogP contribution in [0.1, 0.15) is 20.8 Å². The Kier molecular flexibility index (Phi) is 7.27. The van der Waals surface area contributed by atoms with Crippen molar-refractivity contribution in [1.29, 1.82) is 5.41 Å². The molecule has 0 unspecified atom stereocenters. The molecular formula is C23H19F3N2O4S2. The lowest BCUT2D eigenvalue weighted by atomic mass is 10.1. The summed E-state index contributed by atoms with van der Waals surface area (Å²) in [6.07, 6.45) is -3.06. The first-order valence-corrected chi connectivity index (χ1v) is 12.4. The molecule has 3 N–H and O–H groups in total. The van der Waals surface area contributed by atoms with Gasteiger partial charge in [0.15, 0.2) is 9.84 Å². The molecular weight excluding hydrogens is 489 g/mol. The number of hydrogen-bond acceptors (Lipinski definition) is 6. The summed E-state index contributed by atoms with van der Waals surface area (Å²) in [7, 11) is -3.43. The topological polar surface area (TPSA) is 107 Å². The van der Waals surface area contributed by atoms with E-state index in [1.54, 1.807) is 36.4 Å². The number of thiophene rings is 1. The summed E-state index contributed by atoms with van der Waals surface area (Å²) in [6, 6.07) is 15.3. The molecule has 0 aliphatic heterocycles. The number of carboxylic acids is 1. The molecule has 2 aromatic carbocycles. The van der Waals surface area contributed by atoms with Crippen molar-refractivity contribution in [2.45, 2.75) is 17.6 Å². The Balaban J connectivity index is 1.92. The summed E-state index contributed by atoms with van der Waals surface area (Å²) in [6.45, 7) is 0.0909. The van der Waals surface area contributed by atoms with Gasteiger partial charge >= 0.3 is 12.1 Å². The first-order chi connectivity index (χ1) is 15.8. The Labute approximate surface area is 197 Å². The lowest BCUT2D eigenvalue weighted by Gasteiger charge is -2.12. The van der Waals surface area contributed by atoms with Crippen LogP contribution in [0.5, 0.6) is 0 Å². The van der Waals surface area contributed by atoms with Crippen molar-refractivity contribution in [3.63, 3.8) is 0 Å². The summed E-state index contributed by atoms with van der Waals surface area (Å²) in [5.74, 6) is -1.09. The van der Waals surface area contributed by atoms with Crippen LogP contribution < -0.4 is 5.32 Å². The highest BCUT2D eigenvalue weighted by Gasteiger charge is 2.33. The number of carbonyl (C=O) groups is 1. The van der Waals surface area contributed by atoms with Crippen molar-refractivity contribution in [3.05, 3.63) is 82.7 Å². The van der Waals surface area contributed by atoms with E-state index in [1.165, 1.54) is 24.3 Å². The fourth-order valence-corrected chi connectivity index (χ4v) is 4.58. The van der Waals surface area contributed by atoms with Gasteiger partial charge in [-0.3, -0.25) is 5.41 Å². The molecule has 0 fully saturated rings. The van der Waals surface area contributed by atoms with Crippen molar-refractivity contribution in [3.8, 4) is 10.4 Å². The minimum absolute atomic E-state index is 0.0557. The van der Waals surface area contributed by atoms with Gasteiger partial charge in [0.05, 0.1) is 21.0 Å². The maximum absolute atomic E-state index is 13.0. The Morgan fingerprint density at radius 2 is 1.79 bits per heavy atom. The molecule has 0 amide bonds. The largest absolute Gasteiger partial charge is 0.478 e.